The van der Waals surface area contributed by atoms with Crippen LogP contribution in [0.3, 0.4) is 0 Å². The van der Waals surface area contributed by atoms with E-state index in [9.17, 15) is 19.8 Å². The molecule has 0 amide bonds. The second-order valence-electron chi connectivity index (χ2n) is 5.75. The van der Waals surface area contributed by atoms with Crippen molar-refractivity contribution in [1.29, 1.82) is 0 Å². The van der Waals surface area contributed by atoms with E-state index in [1.807, 2.05) is 25.7 Å². The van der Waals surface area contributed by atoms with E-state index >= 15 is 0 Å². The third-order valence-electron chi connectivity index (χ3n) is 4.03. The van der Waals surface area contributed by atoms with E-state index < -0.39 is 5.41 Å². The predicted octanol–water partition coefficient (Wildman–Crippen LogP) is 2.78. The van der Waals surface area contributed by atoms with Gasteiger partial charge in [-0.05, 0) is 29.7 Å². The SMILES string of the molecule is CC(C)(C1C=CC(O)=CC1=C=O)C1C=CC(O)=CC1=C=O. The van der Waals surface area contributed by atoms with Gasteiger partial charge in [-0.3, -0.25) is 0 Å². The summed E-state index contributed by atoms with van der Waals surface area (Å²) in [6, 6.07) is 0. The molecule has 0 aromatic carbocycles. The number of hydrogen-bond donors (Lipinski definition) is 2. The molecule has 2 aliphatic carbocycles. The van der Waals surface area contributed by atoms with Crippen molar-refractivity contribution in [2.75, 3.05) is 0 Å². The van der Waals surface area contributed by atoms with Gasteiger partial charge in [0.25, 0.3) is 0 Å². The fraction of sp³-hybridized carbons (Fsp3) is 0.294. The van der Waals surface area contributed by atoms with E-state index in [4.69, 9.17) is 0 Å². The van der Waals surface area contributed by atoms with Crippen molar-refractivity contribution in [2.45, 2.75) is 13.8 Å². The van der Waals surface area contributed by atoms with Crippen LogP contribution in [0.4, 0.5) is 0 Å². The summed E-state index contributed by atoms with van der Waals surface area (Å²) in [5, 5.41) is 19.0. The van der Waals surface area contributed by atoms with Crippen molar-refractivity contribution >= 4 is 11.9 Å². The molecule has 0 fully saturated rings. The van der Waals surface area contributed by atoms with Crippen molar-refractivity contribution in [3.63, 3.8) is 0 Å². The molecule has 2 N–H and O–H groups in total. The Labute approximate surface area is 122 Å². The van der Waals surface area contributed by atoms with Gasteiger partial charge in [0, 0.05) is 23.0 Å². The Hall–Kier alpha value is -2.54. The average Bonchev–Trinajstić information content (AvgIpc) is 2.46. The van der Waals surface area contributed by atoms with Crippen molar-refractivity contribution in [2.24, 2.45) is 17.3 Å². The fourth-order valence-corrected chi connectivity index (χ4v) is 2.87. The van der Waals surface area contributed by atoms with Crippen LogP contribution in [0, 0.1) is 17.3 Å². The van der Waals surface area contributed by atoms with Gasteiger partial charge in [0.15, 0.2) is 0 Å². The maximum Gasteiger partial charge on any atom is 0.128 e. The molecular formula is C17H16O4. The molecule has 0 saturated carbocycles. The Balaban J connectivity index is 2.44. The summed E-state index contributed by atoms with van der Waals surface area (Å²) in [6.07, 6.45) is 9.26. The number of carbonyl (C=O) groups excluding carboxylic acids is 2. The number of aliphatic hydroxyl groups excluding tert-OH is 2. The minimum atomic E-state index is -0.527. The minimum Gasteiger partial charge on any atom is -0.508 e. The smallest absolute Gasteiger partial charge is 0.128 e. The van der Waals surface area contributed by atoms with Crippen molar-refractivity contribution in [3.05, 3.63) is 59.1 Å². The normalized spacial score (nSPS) is 25.0. The summed E-state index contributed by atoms with van der Waals surface area (Å²) in [5.74, 6) is 3.10. The molecule has 2 atom stereocenters. The van der Waals surface area contributed by atoms with Crippen LogP contribution in [0.5, 0.6) is 0 Å². The Kier molecular flexibility index (Phi) is 3.86. The van der Waals surface area contributed by atoms with Gasteiger partial charge < -0.3 is 10.2 Å². The molecule has 0 aromatic heterocycles. The maximum atomic E-state index is 11.1. The zero-order valence-corrected chi connectivity index (χ0v) is 11.8. The summed E-state index contributed by atoms with van der Waals surface area (Å²) < 4.78 is 0. The van der Waals surface area contributed by atoms with Crippen LogP contribution in [0.1, 0.15) is 13.8 Å². The lowest BCUT2D eigenvalue weighted by Gasteiger charge is -2.39. The van der Waals surface area contributed by atoms with Crippen LogP contribution >= 0.6 is 0 Å². The highest BCUT2D eigenvalue weighted by molar-refractivity contribution is 5.64. The number of aliphatic hydroxyl groups is 2. The van der Waals surface area contributed by atoms with E-state index in [-0.39, 0.29) is 23.4 Å². The van der Waals surface area contributed by atoms with Gasteiger partial charge in [-0.2, -0.15) is 0 Å². The van der Waals surface area contributed by atoms with E-state index in [0.29, 0.717) is 11.1 Å². The van der Waals surface area contributed by atoms with Crippen LogP contribution in [0.2, 0.25) is 0 Å². The summed E-state index contributed by atoms with van der Waals surface area (Å²) in [4.78, 5) is 22.3. The molecule has 0 bridgehead atoms. The van der Waals surface area contributed by atoms with Gasteiger partial charge in [0.1, 0.15) is 23.4 Å². The lowest BCUT2D eigenvalue weighted by atomic mass is 9.63. The number of hydrogen-bond acceptors (Lipinski definition) is 4. The molecule has 2 rings (SSSR count). The first-order valence-corrected chi connectivity index (χ1v) is 6.58. The molecular weight excluding hydrogens is 268 g/mol. The summed E-state index contributed by atoms with van der Waals surface area (Å²) in [5.41, 5.74) is 0.135. The molecule has 2 unspecified atom stereocenters. The van der Waals surface area contributed by atoms with Gasteiger partial charge in [-0.1, -0.05) is 26.0 Å². The minimum absolute atomic E-state index is 0.00304. The van der Waals surface area contributed by atoms with Gasteiger partial charge in [-0.15, -0.1) is 0 Å². The largest absolute Gasteiger partial charge is 0.508 e. The first kappa shape index (κ1) is 14.9. The number of rotatable bonds is 2. The molecule has 0 spiro atoms. The lowest BCUT2D eigenvalue weighted by molar-refractivity contribution is 0.232. The van der Waals surface area contributed by atoms with E-state index in [1.165, 1.54) is 24.3 Å². The monoisotopic (exact) mass is 284 g/mol. The molecule has 0 aliphatic heterocycles. The maximum absolute atomic E-state index is 11.1. The van der Waals surface area contributed by atoms with Crippen LogP contribution in [-0.4, -0.2) is 22.1 Å². The molecule has 2 aliphatic rings. The van der Waals surface area contributed by atoms with Crippen LogP contribution in [0.25, 0.3) is 0 Å². The lowest BCUT2D eigenvalue weighted by Crippen LogP contribution is -2.34. The molecule has 0 radical (unpaired) electrons. The Morgan fingerprint density at radius 1 is 0.905 bits per heavy atom. The van der Waals surface area contributed by atoms with Gasteiger partial charge in [-0.25, -0.2) is 9.59 Å². The van der Waals surface area contributed by atoms with Gasteiger partial charge in [0.05, 0.1) is 0 Å². The quantitative estimate of drug-likeness (QED) is 0.765. The Morgan fingerprint density at radius 3 is 1.62 bits per heavy atom. The second kappa shape index (κ2) is 5.45. The van der Waals surface area contributed by atoms with E-state index in [2.05, 4.69) is 0 Å². The second-order valence-corrected chi connectivity index (χ2v) is 5.75. The molecule has 0 heterocycles. The zero-order valence-electron chi connectivity index (χ0n) is 11.8. The molecule has 4 nitrogen and oxygen atoms in total. The summed E-state index contributed by atoms with van der Waals surface area (Å²) in [7, 11) is 0. The molecule has 4 heteroatoms. The highest BCUT2D eigenvalue weighted by Gasteiger charge is 2.40. The zero-order chi connectivity index (χ0) is 15.6. The number of allylic oxidation sites excluding steroid dienone is 8. The highest BCUT2D eigenvalue weighted by atomic mass is 16.3. The standard InChI is InChI=1S/C17H16O4/c1-17(2,15-5-3-13(20)7-11(15)9-18)16-6-4-14(21)8-12(16)10-19/h3-8,15-16,20-21H,1-2H3. The first-order chi connectivity index (χ1) is 9.90. The van der Waals surface area contributed by atoms with Gasteiger partial charge in [0.2, 0.25) is 0 Å². The molecule has 0 aromatic rings. The topological polar surface area (TPSA) is 74.6 Å². The summed E-state index contributed by atoms with van der Waals surface area (Å²) in [6.45, 7) is 3.83. The molecule has 0 saturated heterocycles. The van der Waals surface area contributed by atoms with E-state index in [0.717, 1.165) is 0 Å². The van der Waals surface area contributed by atoms with E-state index in [1.54, 1.807) is 12.2 Å². The third-order valence-corrected chi connectivity index (χ3v) is 4.03. The highest BCUT2D eigenvalue weighted by Crippen LogP contribution is 2.46. The van der Waals surface area contributed by atoms with Crippen molar-refractivity contribution in [1.82, 2.24) is 0 Å². The average molecular weight is 284 g/mol. The van der Waals surface area contributed by atoms with Crippen molar-refractivity contribution in [3.8, 4) is 0 Å². The molecule has 108 valence electrons. The van der Waals surface area contributed by atoms with Gasteiger partial charge >= 0.3 is 0 Å². The van der Waals surface area contributed by atoms with Crippen LogP contribution in [-0.2, 0) is 9.59 Å². The first-order valence-electron chi connectivity index (χ1n) is 6.58. The Bertz CT molecular complexity index is 618. The third kappa shape index (κ3) is 2.68. The Morgan fingerprint density at radius 2 is 1.29 bits per heavy atom. The fourth-order valence-electron chi connectivity index (χ4n) is 2.87. The molecule has 21 heavy (non-hydrogen) atoms. The summed E-state index contributed by atoms with van der Waals surface area (Å²) >= 11 is 0. The predicted molar refractivity (Wildman–Crippen MR) is 78.9 cm³/mol. The van der Waals surface area contributed by atoms with Crippen LogP contribution < -0.4 is 0 Å². The van der Waals surface area contributed by atoms with Crippen LogP contribution in [0.15, 0.2) is 59.1 Å². The van der Waals surface area contributed by atoms with Crippen molar-refractivity contribution < 1.29 is 19.8 Å².